The van der Waals surface area contributed by atoms with Gasteiger partial charge in [0.15, 0.2) is 5.82 Å². The van der Waals surface area contributed by atoms with Crippen LogP contribution in [0, 0.1) is 22.7 Å². The summed E-state index contributed by atoms with van der Waals surface area (Å²) < 4.78 is 5.51. The number of nitrogens with two attached hydrogens (primary N) is 1. The number of aromatic nitrogens is 2. The van der Waals surface area contributed by atoms with Crippen molar-refractivity contribution in [1.82, 2.24) is 10.2 Å². The van der Waals surface area contributed by atoms with Crippen LogP contribution in [0.5, 0.6) is 5.75 Å². The minimum atomic E-state index is 0.0507. The minimum absolute atomic E-state index is 0.0507. The molecule has 0 fully saturated rings. The molecule has 7 heteroatoms. The second kappa shape index (κ2) is 6.66. The van der Waals surface area contributed by atoms with Gasteiger partial charge in [-0.05, 0) is 31.2 Å². The van der Waals surface area contributed by atoms with Crippen molar-refractivity contribution in [2.45, 2.75) is 6.92 Å². The maximum absolute atomic E-state index is 9.37. The van der Waals surface area contributed by atoms with Gasteiger partial charge in [-0.2, -0.15) is 15.6 Å². The number of rotatable bonds is 4. The topological polar surface area (TPSA) is 112 Å². The van der Waals surface area contributed by atoms with E-state index in [0.717, 1.165) is 0 Å². The molecule has 0 saturated heterocycles. The molecule has 0 aliphatic heterocycles. The fourth-order valence-electron chi connectivity index (χ4n) is 1.90. The van der Waals surface area contributed by atoms with Crippen LogP contribution in [0.25, 0.3) is 11.6 Å². The van der Waals surface area contributed by atoms with Crippen molar-refractivity contribution in [3.05, 3.63) is 40.0 Å². The third-order valence-electron chi connectivity index (χ3n) is 2.87. The summed E-state index contributed by atoms with van der Waals surface area (Å²) in [6.45, 7) is 2.33. The van der Waals surface area contributed by atoms with Gasteiger partial charge >= 0.3 is 0 Å². The summed E-state index contributed by atoms with van der Waals surface area (Å²) in [5.41, 5.74) is 6.83. The molecule has 2 rings (SSSR count). The maximum atomic E-state index is 9.37. The number of halogens is 1. The van der Waals surface area contributed by atoms with Gasteiger partial charge in [0.25, 0.3) is 0 Å². The summed E-state index contributed by atoms with van der Waals surface area (Å²) >= 11 is 5.99. The van der Waals surface area contributed by atoms with E-state index in [2.05, 4.69) is 10.2 Å². The number of nitriles is 2. The molecule has 3 N–H and O–H groups in total. The molecule has 0 aliphatic rings. The van der Waals surface area contributed by atoms with Gasteiger partial charge in [-0.1, -0.05) is 11.6 Å². The molecule has 1 aromatic carbocycles. The molecule has 0 saturated carbocycles. The second-order valence-corrected chi connectivity index (χ2v) is 4.69. The molecule has 6 nitrogen and oxygen atoms in total. The molecule has 0 spiro atoms. The molecule has 0 unspecified atom stereocenters. The number of nitrogens with zero attached hydrogens (tertiary/aromatic N) is 3. The summed E-state index contributed by atoms with van der Waals surface area (Å²) in [7, 11) is 0. The van der Waals surface area contributed by atoms with Crippen molar-refractivity contribution in [3.8, 4) is 17.9 Å². The number of nitrogens with one attached hydrogen (secondary N) is 1. The Morgan fingerprint density at radius 3 is 2.91 bits per heavy atom. The Morgan fingerprint density at radius 2 is 2.27 bits per heavy atom. The van der Waals surface area contributed by atoms with Crippen LogP contribution >= 0.6 is 11.6 Å². The summed E-state index contributed by atoms with van der Waals surface area (Å²) in [6, 6.07) is 9.05. The Bertz CT molecular complexity index is 810. The fraction of sp³-hybridized carbons (Fsp3) is 0.133. The van der Waals surface area contributed by atoms with Gasteiger partial charge in [-0.15, -0.1) is 0 Å². The predicted molar refractivity (Wildman–Crippen MR) is 83.8 cm³/mol. The lowest BCUT2D eigenvalue weighted by Gasteiger charge is -2.08. The average Bonchev–Trinajstić information content (AvgIpc) is 2.88. The first-order valence-corrected chi connectivity index (χ1v) is 6.77. The SMILES string of the molecule is CCOc1ccc(Cl)cc1/C=C(/C#N)c1[nH]nc(N)c1C#N. The quantitative estimate of drug-likeness (QED) is 0.843. The first-order chi connectivity index (χ1) is 10.6. The third kappa shape index (κ3) is 3.03. The van der Waals surface area contributed by atoms with Crippen LogP contribution in [0.2, 0.25) is 5.02 Å². The van der Waals surface area contributed by atoms with Crippen molar-refractivity contribution < 1.29 is 4.74 Å². The zero-order chi connectivity index (χ0) is 16.1. The molecule has 110 valence electrons. The molecule has 0 amide bonds. The monoisotopic (exact) mass is 313 g/mol. The highest BCUT2D eigenvalue weighted by molar-refractivity contribution is 6.30. The van der Waals surface area contributed by atoms with Gasteiger partial charge in [-0.25, -0.2) is 0 Å². The van der Waals surface area contributed by atoms with Gasteiger partial charge in [-0.3, -0.25) is 5.10 Å². The largest absolute Gasteiger partial charge is 0.493 e. The zero-order valence-electron chi connectivity index (χ0n) is 11.7. The molecule has 2 aromatic rings. The summed E-state index contributed by atoms with van der Waals surface area (Å²) in [5, 5.41) is 25.3. The normalized spacial score (nSPS) is 10.8. The highest BCUT2D eigenvalue weighted by Gasteiger charge is 2.15. The molecule has 0 atom stereocenters. The Labute approximate surface area is 132 Å². The van der Waals surface area contributed by atoms with Crippen molar-refractivity contribution in [3.63, 3.8) is 0 Å². The third-order valence-corrected chi connectivity index (χ3v) is 3.10. The van der Waals surface area contributed by atoms with E-state index in [1.807, 2.05) is 19.1 Å². The molecular weight excluding hydrogens is 302 g/mol. The Balaban J connectivity index is 2.57. The molecule has 0 radical (unpaired) electrons. The van der Waals surface area contributed by atoms with E-state index in [1.54, 1.807) is 24.3 Å². The molecule has 1 heterocycles. The number of allylic oxidation sites excluding steroid dienone is 1. The average molecular weight is 314 g/mol. The number of hydrogen-bond donors (Lipinski definition) is 2. The van der Waals surface area contributed by atoms with E-state index in [-0.39, 0.29) is 22.6 Å². The lowest BCUT2D eigenvalue weighted by atomic mass is 10.1. The molecule has 0 aliphatic carbocycles. The van der Waals surface area contributed by atoms with E-state index in [0.29, 0.717) is 22.9 Å². The lowest BCUT2D eigenvalue weighted by molar-refractivity contribution is 0.339. The summed E-state index contributed by atoms with van der Waals surface area (Å²) in [6.07, 6.45) is 1.57. The molecule has 22 heavy (non-hydrogen) atoms. The number of benzene rings is 1. The Morgan fingerprint density at radius 1 is 1.50 bits per heavy atom. The van der Waals surface area contributed by atoms with Crippen LogP contribution < -0.4 is 10.5 Å². The van der Waals surface area contributed by atoms with Crippen LogP contribution in [-0.4, -0.2) is 16.8 Å². The van der Waals surface area contributed by atoms with Crippen LogP contribution in [0.15, 0.2) is 18.2 Å². The Hall–Kier alpha value is -2.96. The van der Waals surface area contributed by atoms with Crippen molar-refractivity contribution in [1.29, 1.82) is 10.5 Å². The van der Waals surface area contributed by atoms with Crippen molar-refractivity contribution >= 4 is 29.1 Å². The number of anilines is 1. The van der Waals surface area contributed by atoms with Crippen LogP contribution in [0.4, 0.5) is 5.82 Å². The van der Waals surface area contributed by atoms with Gasteiger partial charge < -0.3 is 10.5 Å². The Kier molecular flexibility index (Phi) is 4.67. The van der Waals surface area contributed by atoms with Gasteiger partial charge in [0, 0.05) is 10.6 Å². The number of ether oxygens (including phenoxy) is 1. The second-order valence-electron chi connectivity index (χ2n) is 4.26. The van der Waals surface area contributed by atoms with E-state index in [4.69, 9.17) is 27.3 Å². The van der Waals surface area contributed by atoms with Crippen molar-refractivity contribution in [2.75, 3.05) is 12.3 Å². The first-order valence-electron chi connectivity index (χ1n) is 6.39. The molecule has 1 aromatic heterocycles. The predicted octanol–water partition coefficient (Wildman–Crippen LogP) is 2.98. The number of nitrogen functional groups attached to an aromatic ring is 1. The van der Waals surface area contributed by atoms with Gasteiger partial charge in [0.1, 0.15) is 23.5 Å². The number of aromatic amines is 1. The minimum Gasteiger partial charge on any atom is -0.493 e. The highest BCUT2D eigenvalue weighted by atomic mass is 35.5. The van der Waals surface area contributed by atoms with Crippen LogP contribution in [0.1, 0.15) is 23.7 Å². The highest BCUT2D eigenvalue weighted by Crippen LogP contribution is 2.28. The van der Waals surface area contributed by atoms with E-state index >= 15 is 0 Å². The fourth-order valence-corrected chi connectivity index (χ4v) is 2.08. The maximum Gasteiger partial charge on any atom is 0.163 e. The summed E-state index contributed by atoms with van der Waals surface area (Å²) in [5.74, 6) is 0.639. The number of H-pyrrole nitrogens is 1. The number of hydrogen-bond acceptors (Lipinski definition) is 5. The van der Waals surface area contributed by atoms with E-state index in [9.17, 15) is 5.26 Å². The van der Waals surface area contributed by atoms with Crippen molar-refractivity contribution in [2.24, 2.45) is 0 Å². The standard InChI is InChI=1S/C15H12ClN5O/c1-2-22-13-4-3-11(16)6-9(13)5-10(7-17)14-12(8-18)15(19)21-20-14/h3-6H,2H2,1H3,(H3,19,20,21)/b10-5-. The smallest absolute Gasteiger partial charge is 0.163 e. The van der Waals surface area contributed by atoms with Crippen LogP contribution in [-0.2, 0) is 0 Å². The van der Waals surface area contributed by atoms with Crippen LogP contribution in [0.3, 0.4) is 0 Å². The van der Waals surface area contributed by atoms with Gasteiger partial charge in [0.05, 0.1) is 17.9 Å². The first kappa shape index (κ1) is 15.4. The van der Waals surface area contributed by atoms with Gasteiger partial charge in [0.2, 0.25) is 0 Å². The van der Waals surface area contributed by atoms with E-state index < -0.39 is 0 Å². The zero-order valence-corrected chi connectivity index (χ0v) is 12.5. The molecular formula is C15H12ClN5O. The molecule has 0 bridgehead atoms. The lowest BCUT2D eigenvalue weighted by Crippen LogP contribution is -1.95. The summed E-state index contributed by atoms with van der Waals surface area (Å²) in [4.78, 5) is 0. The van der Waals surface area contributed by atoms with E-state index in [1.165, 1.54) is 0 Å².